The first kappa shape index (κ1) is 16.7. The summed E-state index contributed by atoms with van der Waals surface area (Å²) in [6.45, 7) is 1.14. The fourth-order valence-corrected chi connectivity index (χ4v) is 3.75. The molecular weight excluding hydrogens is 376 g/mol. The molecular formula is C15H19BrN6O2. The molecule has 3 rings (SSSR count). The summed E-state index contributed by atoms with van der Waals surface area (Å²) >= 11 is 3.36. The summed E-state index contributed by atoms with van der Waals surface area (Å²) < 4.78 is 3.47. The summed E-state index contributed by atoms with van der Waals surface area (Å²) in [6, 6.07) is 0. The Morgan fingerprint density at radius 1 is 1.29 bits per heavy atom. The Balaban J connectivity index is 1.97. The fraction of sp³-hybridized carbons (Fsp3) is 0.467. The zero-order valence-electron chi connectivity index (χ0n) is 13.7. The number of carbonyl (C=O) groups is 1. The Kier molecular flexibility index (Phi) is 4.44. The molecule has 1 amide bonds. The summed E-state index contributed by atoms with van der Waals surface area (Å²) in [6.07, 6.45) is 5.38. The number of halogens is 1. The van der Waals surface area contributed by atoms with Gasteiger partial charge in [0, 0.05) is 46.3 Å². The quantitative estimate of drug-likeness (QED) is 0.805. The highest BCUT2D eigenvalue weighted by Gasteiger charge is 2.39. The minimum atomic E-state index is -0.213. The van der Waals surface area contributed by atoms with Crippen molar-refractivity contribution in [1.82, 2.24) is 24.9 Å². The third-order valence-electron chi connectivity index (χ3n) is 4.46. The van der Waals surface area contributed by atoms with E-state index in [4.69, 9.17) is 0 Å². The number of aryl methyl sites for hydroxylation is 2. The molecule has 0 unspecified atom stereocenters. The number of carbonyl (C=O) groups excluding carboxylic acids is 1. The Morgan fingerprint density at radius 2 is 2.04 bits per heavy atom. The van der Waals surface area contributed by atoms with Crippen molar-refractivity contribution in [2.24, 2.45) is 20.0 Å². The van der Waals surface area contributed by atoms with Crippen LogP contribution in [0, 0.1) is 5.92 Å². The van der Waals surface area contributed by atoms with Crippen molar-refractivity contribution in [2.45, 2.75) is 5.92 Å². The van der Waals surface area contributed by atoms with Gasteiger partial charge in [0.15, 0.2) is 0 Å². The van der Waals surface area contributed by atoms with Gasteiger partial charge in [-0.2, -0.15) is 10.2 Å². The third kappa shape index (κ3) is 2.83. The lowest BCUT2D eigenvalue weighted by atomic mass is 9.90. The molecule has 0 aliphatic carbocycles. The van der Waals surface area contributed by atoms with E-state index < -0.39 is 0 Å². The molecule has 2 atom stereocenters. The number of amides is 1. The SMILES string of the molecule is CNC(=O)[C@H]1CN(c2cnn(C)c(=O)c2Br)C[C@@H]1c1cnn(C)c1. The molecule has 0 saturated carbocycles. The number of anilines is 1. The molecule has 1 aliphatic heterocycles. The molecule has 0 radical (unpaired) electrons. The maximum Gasteiger partial charge on any atom is 0.282 e. The molecule has 1 saturated heterocycles. The highest BCUT2D eigenvalue weighted by Crippen LogP contribution is 2.36. The first-order chi connectivity index (χ1) is 11.4. The van der Waals surface area contributed by atoms with Gasteiger partial charge in [-0.05, 0) is 21.5 Å². The largest absolute Gasteiger partial charge is 0.368 e. The van der Waals surface area contributed by atoms with Crippen molar-refractivity contribution in [3.05, 3.63) is 39.0 Å². The van der Waals surface area contributed by atoms with Crippen LogP contribution in [0.25, 0.3) is 0 Å². The van der Waals surface area contributed by atoms with Crippen molar-refractivity contribution < 1.29 is 4.79 Å². The lowest BCUT2D eigenvalue weighted by molar-refractivity contribution is -0.124. The number of hydrogen-bond donors (Lipinski definition) is 1. The normalized spacial score (nSPS) is 20.4. The van der Waals surface area contributed by atoms with Crippen LogP contribution in [-0.4, -0.2) is 45.6 Å². The molecule has 3 heterocycles. The van der Waals surface area contributed by atoms with Crippen LogP contribution in [0.5, 0.6) is 0 Å². The van der Waals surface area contributed by atoms with E-state index in [0.29, 0.717) is 23.2 Å². The Morgan fingerprint density at radius 3 is 2.67 bits per heavy atom. The minimum Gasteiger partial charge on any atom is -0.368 e. The molecule has 2 aromatic rings. The van der Waals surface area contributed by atoms with Crippen LogP contribution in [0.3, 0.4) is 0 Å². The first-order valence-electron chi connectivity index (χ1n) is 7.59. The van der Waals surface area contributed by atoms with Gasteiger partial charge in [-0.25, -0.2) is 4.68 Å². The number of nitrogens with one attached hydrogen (secondary N) is 1. The fourth-order valence-electron chi connectivity index (χ4n) is 3.14. The highest BCUT2D eigenvalue weighted by atomic mass is 79.9. The standard InChI is InChI=1S/C15H19BrN6O2/c1-17-14(23)11-8-22(7-10(11)9-4-18-20(2)6-9)12-5-19-21(3)15(24)13(12)16/h4-6,10-11H,7-8H2,1-3H3,(H,17,23)/t10-,11+/m1/s1. The second-order valence-corrected chi connectivity index (χ2v) is 6.75. The average molecular weight is 395 g/mol. The highest BCUT2D eigenvalue weighted by molar-refractivity contribution is 9.10. The first-order valence-corrected chi connectivity index (χ1v) is 8.38. The van der Waals surface area contributed by atoms with Crippen molar-refractivity contribution >= 4 is 27.5 Å². The van der Waals surface area contributed by atoms with Crippen LogP contribution >= 0.6 is 15.9 Å². The van der Waals surface area contributed by atoms with Crippen LogP contribution in [0.2, 0.25) is 0 Å². The number of rotatable bonds is 3. The predicted octanol–water partition coefficient (Wildman–Crippen LogP) is 0.242. The van der Waals surface area contributed by atoms with Crippen LogP contribution < -0.4 is 15.8 Å². The second-order valence-electron chi connectivity index (χ2n) is 5.95. The predicted molar refractivity (Wildman–Crippen MR) is 92.9 cm³/mol. The van der Waals surface area contributed by atoms with E-state index in [-0.39, 0.29) is 23.3 Å². The topological polar surface area (TPSA) is 85.1 Å². The van der Waals surface area contributed by atoms with Gasteiger partial charge < -0.3 is 10.2 Å². The van der Waals surface area contributed by atoms with Gasteiger partial charge in [-0.15, -0.1) is 0 Å². The van der Waals surface area contributed by atoms with Gasteiger partial charge in [0.05, 0.1) is 24.0 Å². The molecule has 24 heavy (non-hydrogen) atoms. The molecule has 128 valence electrons. The van der Waals surface area contributed by atoms with Gasteiger partial charge in [-0.3, -0.25) is 14.3 Å². The monoisotopic (exact) mass is 394 g/mol. The zero-order valence-corrected chi connectivity index (χ0v) is 15.3. The van der Waals surface area contributed by atoms with Crippen molar-refractivity contribution in [1.29, 1.82) is 0 Å². The van der Waals surface area contributed by atoms with Crippen LogP contribution in [0.1, 0.15) is 11.5 Å². The van der Waals surface area contributed by atoms with Crippen LogP contribution in [0.15, 0.2) is 27.9 Å². The number of aromatic nitrogens is 4. The van der Waals surface area contributed by atoms with E-state index in [9.17, 15) is 9.59 Å². The van der Waals surface area contributed by atoms with E-state index >= 15 is 0 Å². The van der Waals surface area contributed by atoms with E-state index in [1.807, 2.05) is 18.1 Å². The van der Waals surface area contributed by atoms with Crippen LogP contribution in [0.4, 0.5) is 5.69 Å². The van der Waals surface area contributed by atoms with E-state index in [2.05, 4.69) is 31.4 Å². The average Bonchev–Trinajstić information content (AvgIpc) is 3.18. The summed E-state index contributed by atoms with van der Waals surface area (Å²) in [7, 11) is 5.10. The van der Waals surface area contributed by atoms with E-state index in [0.717, 1.165) is 5.56 Å². The third-order valence-corrected chi connectivity index (χ3v) is 5.20. The van der Waals surface area contributed by atoms with Gasteiger partial charge in [0.1, 0.15) is 4.47 Å². The lowest BCUT2D eigenvalue weighted by Gasteiger charge is -2.19. The Hall–Kier alpha value is -2.16. The van der Waals surface area contributed by atoms with Crippen molar-refractivity contribution in [3.63, 3.8) is 0 Å². The van der Waals surface area contributed by atoms with Gasteiger partial charge in [-0.1, -0.05) is 0 Å². The Labute approximate surface area is 147 Å². The minimum absolute atomic E-state index is 0.00890. The van der Waals surface area contributed by atoms with Crippen LogP contribution in [-0.2, 0) is 18.9 Å². The molecule has 0 spiro atoms. The maximum atomic E-state index is 12.3. The Bertz CT molecular complexity index is 830. The second kappa shape index (κ2) is 6.39. The number of hydrogen-bond acceptors (Lipinski definition) is 5. The van der Waals surface area contributed by atoms with E-state index in [1.165, 1.54) is 4.68 Å². The maximum absolute atomic E-state index is 12.3. The van der Waals surface area contributed by atoms with Gasteiger partial charge in [0.25, 0.3) is 5.56 Å². The molecule has 0 bridgehead atoms. The number of nitrogens with zero attached hydrogens (tertiary/aromatic N) is 5. The zero-order chi connectivity index (χ0) is 17.4. The summed E-state index contributed by atoms with van der Waals surface area (Å²) in [5.74, 6) is -0.218. The molecule has 1 aliphatic rings. The summed E-state index contributed by atoms with van der Waals surface area (Å²) in [5.41, 5.74) is 1.52. The van der Waals surface area contributed by atoms with Crippen molar-refractivity contribution in [2.75, 3.05) is 25.0 Å². The van der Waals surface area contributed by atoms with Gasteiger partial charge >= 0.3 is 0 Å². The molecule has 8 nitrogen and oxygen atoms in total. The molecule has 9 heteroatoms. The molecule has 1 N–H and O–H groups in total. The van der Waals surface area contributed by atoms with E-state index in [1.54, 1.807) is 31.2 Å². The smallest absolute Gasteiger partial charge is 0.282 e. The summed E-state index contributed by atoms with van der Waals surface area (Å²) in [4.78, 5) is 26.5. The van der Waals surface area contributed by atoms with Crippen molar-refractivity contribution in [3.8, 4) is 0 Å². The van der Waals surface area contributed by atoms with Gasteiger partial charge in [0.2, 0.25) is 5.91 Å². The molecule has 0 aromatic carbocycles. The lowest BCUT2D eigenvalue weighted by Crippen LogP contribution is -2.32. The molecule has 2 aromatic heterocycles. The summed E-state index contributed by atoms with van der Waals surface area (Å²) in [5, 5.41) is 11.0. The molecule has 1 fully saturated rings.